The van der Waals surface area contributed by atoms with Gasteiger partial charge in [-0.1, -0.05) is 17.7 Å². The number of sulfonamides is 1. The van der Waals surface area contributed by atoms with E-state index in [1.54, 1.807) is 30.0 Å². The Morgan fingerprint density at radius 3 is 2.53 bits per heavy atom. The molecule has 1 fully saturated rings. The van der Waals surface area contributed by atoms with E-state index in [0.717, 1.165) is 11.5 Å². The van der Waals surface area contributed by atoms with Gasteiger partial charge in [0.25, 0.3) is 0 Å². The van der Waals surface area contributed by atoms with E-state index in [0.29, 0.717) is 13.1 Å². The SMILES string of the molecule is Nc1cccc(Cl)c1S(=O)(=O)N1CCSCC1. The fourth-order valence-corrected chi connectivity index (χ4v) is 4.92. The monoisotopic (exact) mass is 292 g/mol. The number of rotatable bonds is 2. The standard InChI is InChI=1S/C10H13ClN2O2S2/c11-8-2-1-3-9(12)10(8)17(14,15)13-4-6-16-7-5-13/h1-3H,4-7,12H2. The van der Waals surface area contributed by atoms with Crippen molar-refractivity contribution in [2.45, 2.75) is 4.90 Å². The number of thioether (sulfide) groups is 1. The van der Waals surface area contributed by atoms with E-state index in [2.05, 4.69) is 0 Å². The minimum Gasteiger partial charge on any atom is -0.398 e. The zero-order chi connectivity index (χ0) is 12.5. The highest BCUT2D eigenvalue weighted by Crippen LogP contribution is 2.30. The number of hydrogen-bond acceptors (Lipinski definition) is 4. The number of nitrogens with two attached hydrogens (primary N) is 1. The number of benzene rings is 1. The molecule has 1 aliphatic heterocycles. The summed E-state index contributed by atoms with van der Waals surface area (Å²) in [4.78, 5) is 0.0357. The van der Waals surface area contributed by atoms with Crippen LogP contribution in [0.25, 0.3) is 0 Å². The largest absolute Gasteiger partial charge is 0.398 e. The molecule has 1 aliphatic rings. The molecule has 7 heteroatoms. The van der Waals surface area contributed by atoms with E-state index in [9.17, 15) is 8.42 Å². The first-order valence-electron chi connectivity index (χ1n) is 5.15. The summed E-state index contributed by atoms with van der Waals surface area (Å²) in [5, 5.41) is 0.184. The molecule has 0 aromatic heterocycles. The minimum absolute atomic E-state index is 0.0357. The van der Waals surface area contributed by atoms with Gasteiger partial charge in [-0.15, -0.1) is 0 Å². The molecular formula is C10H13ClN2O2S2. The van der Waals surface area contributed by atoms with Crippen molar-refractivity contribution in [1.82, 2.24) is 4.31 Å². The summed E-state index contributed by atoms with van der Waals surface area (Å²) in [5.74, 6) is 1.62. The van der Waals surface area contributed by atoms with Crippen molar-refractivity contribution in [2.24, 2.45) is 0 Å². The molecule has 2 rings (SSSR count). The highest BCUT2D eigenvalue weighted by Gasteiger charge is 2.29. The molecule has 0 unspecified atom stereocenters. The van der Waals surface area contributed by atoms with Crippen LogP contribution in [-0.4, -0.2) is 37.3 Å². The van der Waals surface area contributed by atoms with Crippen LogP contribution in [0.3, 0.4) is 0 Å². The van der Waals surface area contributed by atoms with Crippen LogP contribution in [0.2, 0.25) is 5.02 Å². The number of anilines is 1. The van der Waals surface area contributed by atoms with Crippen LogP contribution < -0.4 is 5.73 Å². The smallest absolute Gasteiger partial charge is 0.246 e. The molecule has 0 aliphatic carbocycles. The second-order valence-corrected chi connectivity index (χ2v) is 7.18. The molecule has 0 bridgehead atoms. The van der Waals surface area contributed by atoms with Crippen molar-refractivity contribution < 1.29 is 8.42 Å². The fraction of sp³-hybridized carbons (Fsp3) is 0.400. The average Bonchev–Trinajstić information content (AvgIpc) is 2.29. The molecule has 0 saturated carbocycles. The van der Waals surface area contributed by atoms with Gasteiger partial charge in [-0.25, -0.2) is 8.42 Å². The first kappa shape index (κ1) is 13.0. The molecule has 0 spiro atoms. The van der Waals surface area contributed by atoms with Crippen LogP contribution in [0, 0.1) is 0 Å². The van der Waals surface area contributed by atoms with E-state index in [1.807, 2.05) is 0 Å². The predicted octanol–water partition coefficient (Wildman–Crippen LogP) is 1.66. The van der Waals surface area contributed by atoms with Gasteiger partial charge in [-0.05, 0) is 12.1 Å². The highest BCUT2D eigenvalue weighted by atomic mass is 35.5. The second-order valence-electron chi connectivity index (χ2n) is 3.67. The van der Waals surface area contributed by atoms with E-state index in [4.69, 9.17) is 17.3 Å². The molecular weight excluding hydrogens is 280 g/mol. The molecule has 0 radical (unpaired) electrons. The average molecular weight is 293 g/mol. The topological polar surface area (TPSA) is 63.4 Å². The Labute approximate surface area is 110 Å². The molecule has 4 nitrogen and oxygen atoms in total. The summed E-state index contributed by atoms with van der Waals surface area (Å²) in [5.41, 5.74) is 5.92. The molecule has 17 heavy (non-hydrogen) atoms. The van der Waals surface area contributed by atoms with Gasteiger partial charge < -0.3 is 5.73 Å². The third-order valence-corrected chi connectivity index (χ3v) is 5.95. The lowest BCUT2D eigenvalue weighted by atomic mass is 10.3. The molecule has 0 amide bonds. The van der Waals surface area contributed by atoms with E-state index in [1.165, 1.54) is 4.31 Å². The lowest BCUT2D eigenvalue weighted by Crippen LogP contribution is -2.38. The normalized spacial score (nSPS) is 18.2. The maximum absolute atomic E-state index is 12.4. The van der Waals surface area contributed by atoms with Crippen molar-refractivity contribution in [2.75, 3.05) is 30.3 Å². The highest BCUT2D eigenvalue weighted by molar-refractivity contribution is 7.99. The van der Waals surface area contributed by atoms with Crippen LogP contribution in [-0.2, 0) is 10.0 Å². The lowest BCUT2D eigenvalue weighted by Gasteiger charge is -2.26. The van der Waals surface area contributed by atoms with Gasteiger partial charge in [-0.2, -0.15) is 16.1 Å². The van der Waals surface area contributed by atoms with Gasteiger partial charge >= 0.3 is 0 Å². The summed E-state index contributed by atoms with van der Waals surface area (Å²) in [7, 11) is -3.56. The minimum atomic E-state index is -3.56. The number of hydrogen-bond donors (Lipinski definition) is 1. The number of nitrogen functional groups attached to an aromatic ring is 1. The Hall–Kier alpha value is -0.430. The van der Waals surface area contributed by atoms with Crippen molar-refractivity contribution in [3.63, 3.8) is 0 Å². The Bertz CT molecular complexity index is 493. The van der Waals surface area contributed by atoms with Crippen LogP contribution in [0.1, 0.15) is 0 Å². The third kappa shape index (κ3) is 2.54. The summed E-state index contributed by atoms with van der Waals surface area (Å²) in [6, 6.07) is 4.74. The zero-order valence-electron chi connectivity index (χ0n) is 9.10. The predicted molar refractivity (Wildman–Crippen MR) is 71.9 cm³/mol. The molecule has 1 aromatic rings. The first-order chi connectivity index (χ1) is 8.03. The first-order valence-corrected chi connectivity index (χ1v) is 8.12. The van der Waals surface area contributed by atoms with Crippen LogP contribution in [0.15, 0.2) is 23.1 Å². The molecule has 1 saturated heterocycles. The molecule has 1 heterocycles. The van der Waals surface area contributed by atoms with Gasteiger partial charge in [0.2, 0.25) is 10.0 Å². The van der Waals surface area contributed by atoms with Gasteiger partial charge in [-0.3, -0.25) is 0 Å². The van der Waals surface area contributed by atoms with Crippen molar-refractivity contribution in [1.29, 1.82) is 0 Å². The van der Waals surface area contributed by atoms with Gasteiger partial charge in [0, 0.05) is 24.6 Å². The molecule has 0 atom stereocenters. The van der Waals surface area contributed by atoms with Gasteiger partial charge in [0.05, 0.1) is 10.7 Å². The summed E-state index contributed by atoms with van der Waals surface area (Å²) >= 11 is 7.69. The van der Waals surface area contributed by atoms with Crippen molar-refractivity contribution in [3.8, 4) is 0 Å². The Morgan fingerprint density at radius 1 is 1.29 bits per heavy atom. The Balaban J connectivity index is 2.44. The summed E-state index contributed by atoms with van der Waals surface area (Å²) in [6.45, 7) is 1.02. The van der Waals surface area contributed by atoms with E-state index in [-0.39, 0.29) is 15.6 Å². The fourth-order valence-electron chi connectivity index (χ4n) is 1.71. The number of halogens is 1. The van der Waals surface area contributed by atoms with Gasteiger partial charge in [0.1, 0.15) is 4.90 Å². The summed E-state index contributed by atoms with van der Waals surface area (Å²) in [6.07, 6.45) is 0. The lowest BCUT2D eigenvalue weighted by molar-refractivity contribution is 0.444. The maximum Gasteiger partial charge on any atom is 0.246 e. The van der Waals surface area contributed by atoms with Crippen LogP contribution in [0.5, 0.6) is 0 Å². The van der Waals surface area contributed by atoms with Crippen molar-refractivity contribution in [3.05, 3.63) is 23.2 Å². The summed E-state index contributed by atoms with van der Waals surface area (Å²) < 4.78 is 26.2. The van der Waals surface area contributed by atoms with Crippen LogP contribution in [0.4, 0.5) is 5.69 Å². The number of nitrogens with zero attached hydrogens (tertiary/aromatic N) is 1. The second kappa shape index (κ2) is 5.06. The third-order valence-electron chi connectivity index (χ3n) is 2.57. The van der Waals surface area contributed by atoms with Crippen LogP contribution >= 0.6 is 23.4 Å². The molecule has 2 N–H and O–H groups in total. The molecule has 1 aromatic carbocycles. The van der Waals surface area contributed by atoms with E-state index < -0.39 is 10.0 Å². The van der Waals surface area contributed by atoms with Gasteiger partial charge in [0.15, 0.2) is 0 Å². The Morgan fingerprint density at radius 2 is 1.94 bits per heavy atom. The zero-order valence-corrected chi connectivity index (χ0v) is 11.5. The quantitative estimate of drug-likeness (QED) is 0.842. The molecule has 94 valence electrons. The Kier molecular flexibility index (Phi) is 3.87. The van der Waals surface area contributed by atoms with E-state index >= 15 is 0 Å². The van der Waals surface area contributed by atoms with Crippen molar-refractivity contribution >= 4 is 39.1 Å². The maximum atomic E-state index is 12.4.